The number of anilines is 1. The summed E-state index contributed by atoms with van der Waals surface area (Å²) >= 11 is 0. The largest absolute Gasteiger partial charge is 0.348 e. The van der Waals surface area contributed by atoms with E-state index in [1.165, 1.54) is 0 Å². The van der Waals surface area contributed by atoms with Gasteiger partial charge in [-0.3, -0.25) is 4.79 Å². The van der Waals surface area contributed by atoms with Crippen molar-refractivity contribution in [2.24, 2.45) is 7.05 Å². The number of nitrogens with zero attached hydrogens (tertiary/aromatic N) is 2. The molecule has 1 heterocycles. The van der Waals surface area contributed by atoms with Crippen LogP contribution in [0.5, 0.6) is 0 Å². The summed E-state index contributed by atoms with van der Waals surface area (Å²) in [5.74, 6) is 0.758. The van der Waals surface area contributed by atoms with E-state index in [1.807, 2.05) is 66.2 Å². The molecule has 0 atom stereocenters. The van der Waals surface area contributed by atoms with Gasteiger partial charge in [0.25, 0.3) is 0 Å². The number of nitrogens with one attached hydrogen (secondary N) is 1. The van der Waals surface area contributed by atoms with Gasteiger partial charge < -0.3 is 9.88 Å². The van der Waals surface area contributed by atoms with Crippen LogP contribution in [0.1, 0.15) is 10.4 Å². The maximum atomic E-state index is 12.0. The maximum Gasteiger partial charge on any atom is 0.203 e. The predicted octanol–water partition coefficient (Wildman–Crippen LogP) is 2.87. The molecule has 20 heavy (non-hydrogen) atoms. The number of para-hydroxylation sites is 2. The number of aryl methyl sites for hydroxylation is 1. The second-order valence-electron chi connectivity index (χ2n) is 4.63. The first-order valence-electron chi connectivity index (χ1n) is 6.49. The van der Waals surface area contributed by atoms with Gasteiger partial charge in [-0.15, -0.1) is 0 Å². The smallest absolute Gasteiger partial charge is 0.203 e. The predicted molar refractivity (Wildman–Crippen MR) is 80.0 cm³/mol. The SMILES string of the molecule is Cn1c(NCC(=O)c2ccccc2)nc2ccccc21. The summed E-state index contributed by atoms with van der Waals surface area (Å²) in [5, 5.41) is 3.10. The zero-order valence-electron chi connectivity index (χ0n) is 11.2. The Bertz CT molecular complexity index is 747. The van der Waals surface area contributed by atoms with Crippen molar-refractivity contribution in [1.82, 2.24) is 9.55 Å². The number of carbonyl (C=O) groups excluding carboxylic acids is 1. The number of carbonyl (C=O) groups is 1. The van der Waals surface area contributed by atoms with Crippen molar-refractivity contribution in [2.75, 3.05) is 11.9 Å². The van der Waals surface area contributed by atoms with Crippen molar-refractivity contribution >= 4 is 22.8 Å². The minimum Gasteiger partial charge on any atom is -0.348 e. The molecule has 0 aliphatic heterocycles. The lowest BCUT2D eigenvalue weighted by Crippen LogP contribution is -2.16. The Labute approximate surface area is 117 Å². The van der Waals surface area contributed by atoms with Crippen LogP contribution in [0.4, 0.5) is 5.95 Å². The highest BCUT2D eigenvalue weighted by Crippen LogP contribution is 2.17. The van der Waals surface area contributed by atoms with Gasteiger partial charge in [0.05, 0.1) is 17.6 Å². The van der Waals surface area contributed by atoms with Gasteiger partial charge in [0.1, 0.15) is 0 Å². The molecule has 1 N–H and O–H groups in total. The Morgan fingerprint density at radius 3 is 2.55 bits per heavy atom. The Morgan fingerprint density at radius 1 is 1.10 bits per heavy atom. The first-order chi connectivity index (χ1) is 9.75. The molecular weight excluding hydrogens is 250 g/mol. The highest BCUT2D eigenvalue weighted by atomic mass is 16.1. The fourth-order valence-corrected chi connectivity index (χ4v) is 2.19. The minimum absolute atomic E-state index is 0.0534. The van der Waals surface area contributed by atoms with Crippen LogP contribution < -0.4 is 5.32 Å². The molecule has 4 nitrogen and oxygen atoms in total. The molecule has 0 aliphatic rings. The Hall–Kier alpha value is -2.62. The molecule has 0 saturated heterocycles. The topological polar surface area (TPSA) is 46.9 Å². The zero-order valence-corrected chi connectivity index (χ0v) is 11.2. The zero-order chi connectivity index (χ0) is 13.9. The first-order valence-corrected chi connectivity index (χ1v) is 6.49. The molecule has 2 aromatic carbocycles. The number of benzene rings is 2. The normalized spacial score (nSPS) is 10.7. The molecule has 100 valence electrons. The number of ketones is 1. The Kier molecular flexibility index (Phi) is 3.21. The monoisotopic (exact) mass is 265 g/mol. The quantitative estimate of drug-likeness (QED) is 0.738. The second kappa shape index (κ2) is 5.17. The van der Waals surface area contributed by atoms with E-state index in [4.69, 9.17) is 0 Å². The van der Waals surface area contributed by atoms with Crippen molar-refractivity contribution < 1.29 is 4.79 Å². The van der Waals surface area contributed by atoms with Crippen LogP contribution >= 0.6 is 0 Å². The van der Waals surface area contributed by atoms with Crippen LogP contribution in [0.25, 0.3) is 11.0 Å². The van der Waals surface area contributed by atoms with Crippen LogP contribution in [-0.2, 0) is 7.05 Å². The van der Waals surface area contributed by atoms with Crippen molar-refractivity contribution in [3.8, 4) is 0 Å². The van der Waals surface area contributed by atoms with Gasteiger partial charge in [0.15, 0.2) is 5.78 Å². The van der Waals surface area contributed by atoms with Crippen molar-refractivity contribution in [3.63, 3.8) is 0 Å². The molecule has 0 aliphatic carbocycles. The lowest BCUT2D eigenvalue weighted by atomic mass is 10.1. The number of rotatable bonds is 4. The number of aromatic nitrogens is 2. The van der Waals surface area contributed by atoms with Crippen LogP contribution in [-0.4, -0.2) is 21.9 Å². The van der Waals surface area contributed by atoms with Crippen molar-refractivity contribution in [1.29, 1.82) is 0 Å². The summed E-state index contributed by atoms with van der Waals surface area (Å²) in [6.07, 6.45) is 0. The third-order valence-electron chi connectivity index (χ3n) is 3.29. The molecule has 0 bridgehead atoms. The third-order valence-corrected chi connectivity index (χ3v) is 3.29. The average molecular weight is 265 g/mol. The number of hydrogen-bond acceptors (Lipinski definition) is 3. The molecule has 0 fully saturated rings. The molecule has 0 radical (unpaired) electrons. The minimum atomic E-state index is 0.0534. The van der Waals surface area contributed by atoms with Gasteiger partial charge in [-0.2, -0.15) is 0 Å². The summed E-state index contributed by atoms with van der Waals surface area (Å²) in [4.78, 5) is 16.5. The van der Waals surface area contributed by atoms with E-state index in [0.717, 1.165) is 11.0 Å². The van der Waals surface area contributed by atoms with Gasteiger partial charge >= 0.3 is 0 Å². The Balaban J connectivity index is 1.77. The molecule has 0 unspecified atom stereocenters. The van der Waals surface area contributed by atoms with E-state index in [1.54, 1.807) is 0 Å². The van der Waals surface area contributed by atoms with E-state index in [0.29, 0.717) is 11.5 Å². The lowest BCUT2D eigenvalue weighted by molar-refractivity contribution is 0.101. The molecule has 1 aromatic heterocycles. The number of Topliss-reactive ketones (excluding diaryl/α,β-unsaturated/α-hetero) is 1. The third kappa shape index (κ3) is 2.28. The summed E-state index contributed by atoms with van der Waals surface area (Å²) in [6, 6.07) is 17.2. The number of fused-ring (bicyclic) bond motifs is 1. The van der Waals surface area contributed by atoms with Gasteiger partial charge in [-0.1, -0.05) is 42.5 Å². The summed E-state index contributed by atoms with van der Waals surface area (Å²) < 4.78 is 1.95. The molecule has 0 saturated carbocycles. The fourth-order valence-electron chi connectivity index (χ4n) is 2.19. The van der Waals surface area contributed by atoms with Gasteiger partial charge in [0.2, 0.25) is 5.95 Å². The van der Waals surface area contributed by atoms with Crippen LogP contribution in [0.2, 0.25) is 0 Å². The highest BCUT2D eigenvalue weighted by Gasteiger charge is 2.09. The summed E-state index contributed by atoms with van der Waals surface area (Å²) in [6.45, 7) is 0.237. The van der Waals surface area contributed by atoms with Crippen LogP contribution in [0.3, 0.4) is 0 Å². The average Bonchev–Trinajstić information content (AvgIpc) is 2.83. The molecule has 4 heteroatoms. The molecular formula is C16H15N3O. The molecule has 0 spiro atoms. The number of imidazole rings is 1. The van der Waals surface area contributed by atoms with E-state index in [-0.39, 0.29) is 12.3 Å². The lowest BCUT2D eigenvalue weighted by Gasteiger charge is -2.05. The van der Waals surface area contributed by atoms with Crippen molar-refractivity contribution in [2.45, 2.75) is 0 Å². The maximum absolute atomic E-state index is 12.0. The standard InChI is InChI=1S/C16H15N3O/c1-19-14-10-6-5-9-13(14)18-16(19)17-11-15(20)12-7-3-2-4-8-12/h2-10H,11H2,1H3,(H,17,18). The molecule has 0 amide bonds. The van der Waals surface area contributed by atoms with Crippen LogP contribution in [0, 0.1) is 0 Å². The van der Waals surface area contributed by atoms with E-state index < -0.39 is 0 Å². The van der Waals surface area contributed by atoms with Gasteiger partial charge in [0, 0.05) is 12.6 Å². The second-order valence-corrected chi connectivity index (χ2v) is 4.63. The van der Waals surface area contributed by atoms with Crippen LogP contribution in [0.15, 0.2) is 54.6 Å². The fraction of sp³-hybridized carbons (Fsp3) is 0.125. The van der Waals surface area contributed by atoms with E-state index >= 15 is 0 Å². The van der Waals surface area contributed by atoms with E-state index in [2.05, 4.69) is 10.3 Å². The van der Waals surface area contributed by atoms with E-state index in [9.17, 15) is 4.79 Å². The van der Waals surface area contributed by atoms with Gasteiger partial charge in [-0.05, 0) is 12.1 Å². The first kappa shape index (κ1) is 12.4. The van der Waals surface area contributed by atoms with Gasteiger partial charge in [-0.25, -0.2) is 4.98 Å². The number of hydrogen-bond donors (Lipinski definition) is 1. The van der Waals surface area contributed by atoms with Crippen molar-refractivity contribution in [3.05, 3.63) is 60.2 Å². The highest BCUT2D eigenvalue weighted by molar-refractivity contribution is 5.98. The summed E-state index contributed by atoms with van der Waals surface area (Å²) in [7, 11) is 1.94. The molecule has 3 aromatic rings. The summed E-state index contributed by atoms with van der Waals surface area (Å²) in [5.41, 5.74) is 2.67. The Morgan fingerprint density at radius 2 is 1.80 bits per heavy atom. The molecule has 3 rings (SSSR count).